The number of carboxylic acids is 1. The van der Waals surface area contributed by atoms with Crippen molar-refractivity contribution in [1.82, 2.24) is 4.90 Å². The van der Waals surface area contributed by atoms with E-state index >= 15 is 0 Å². The van der Waals surface area contributed by atoms with E-state index in [0.29, 0.717) is 31.4 Å². The Labute approximate surface area is 138 Å². The van der Waals surface area contributed by atoms with Crippen molar-refractivity contribution in [3.63, 3.8) is 0 Å². The summed E-state index contributed by atoms with van der Waals surface area (Å²) in [7, 11) is 0. The van der Waals surface area contributed by atoms with Gasteiger partial charge in [0.1, 0.15) is 0 Å². The first-order valence-electron chi connectivity index (χ1n) is 7.90. The molecular weight excluding hydrogens is 323 g/mol. The zero-order valence-corrected chi connectivity index (χ0v) is 13.3. The molecule has 1 aromatic carbocycles. The maximum absolute atomic E-state index is 12.6. The van der Waals surface area contributed by atoms with Crippen LogP contribution in [0.3, 0.4) is 0 Å². The van der Waals surface area contributed by atoms with Crippen LogP contribution in [0.5, 0.6) is 0 Å². The lowest BCUT2D eigenvalue weighted by atomic mass is 9.95. The minimum atomic E-state index is -4.38. The molecule has 1 aliphatic heterocycles. The maximum Gasteiger partial charge on any atom is 0.416 e. The van der Waals surface area contributed by atoms with Gasteiger partial charge in [-0.1, -0.05) is 19.1 Å². The molecule has 2 atom stereocenters. The van der Waals surface area contributed by atoms with Gasteiger partial charge in [-0.3, -0.25) is 9.59 Å². The van der Waals surface area contributed by atoms with Crippen molar-refractivity contribution in [3.05, 3.63) is 35.4 Å². The first kappa shape index (κ1) is 18.3. The third-order valence-electron chi connectivity index (χ3n) is 4.45. The largest absolute Gasteiger partial charge is 0.481 e. The Hall–Kier alpha value is -2.05. The number of carbonyl (C=O) groups excluding carboxylic acids is 1. The topological polar surface area (TPSA) is 57.6 Å². The van der Waals surface area contributed by atoms with Crippen molar-refractivity contribution in [3.8, 4) is 0 Å². The van der Waals surface area contributed by atoms with E-state index in [1.54, 1.807) is 4.90 Å². The SMILES string of the molecule is CCC(Cc1ccc(C(F)(F)F)cc1)C(=O)N1CCC(C(=O)O)C1. The van der Waals surface area contributed by atoms with Gasteiger partial charge in [0, 0.05) is 19.0 Å². The highest BCUT2D eigenvalue weighted by atomic mass is 19.4. The number of alkyl halides is 3. The van der Waals surface area contributed by atoms with Crippen LogP contribution in [0.15, 0.2) is 24.3 Å². The van der Waals surface area contributed by atoms with E-state index in [1.165, 1.54) is 12.1 Å². The molecule has 1 aromatic rings. The number of benzene rings is 1. The van der Waals surface area contributed by atoms with Crippen LogP contribution < -0.4 is 0 Å². The summed E-state index contributed by atoms with van der Waals surface area (Å²) in [5.74, 6) is -1.91. The van der Waals surface area contributed by atoms with Crippen LogP contribution in [0.1, 0.15) is 30.9 Å². The van der Waals surface area contributed by atoms with Crippen molar-refractivity contribution < 1.29 is 27.9 Å². The van der Waals surface area contributed by atoms with Crippen molar-refractivity contribution in [2.24, 2.45) is 11.8 Å². The fourth-order valence-electron chi connectivity index (χ4n) is 2.94. The lowest BCUT2D eigenvalue weighted by Crippen LogP contribution is -2.35. The van der Waals surface area contributed by atoms with Crippen LogP contribution in [0.2, 0.25) is 0 Å². The van der Waals surface area contributed by atoms with Gasteiger partial charge in [-0.15, -0.1) is 0 Å². The number of carbonyl (C=O) groups is 2. The molecule has 7 heteroatoms. The van der Waals surface area contributed by atoms with Crippen molar-refractivity contribution >= 4 is 11.9 Å². The van der Waals surface area contributed by atoms with Gasteiger partial charge < -0.3 is 10.0 Å². The van der Waals surface area contributed by atoms with E-state index in [9.17, 15) is 22.8 Å². The second kappa shape index (κ2) is 7.23. The lowest BCUT2D eigenvalue weighted by molar-refractivity contribution is -0.142. The molecule has 4 nitrogen and oxygen atoms in total. The zero-order valence-electron chi connectivity index (χ0n) is 13.3. The molecule has 0 bridgehead atoms. The quantitative estimate of drug-likeness (QED) is 0.893. The van der Waals surface area contributed by atoms with Gasteiger partial charge >= 0.3 is 12.1 Å². The highest BCUT2D eigenvalue weighted by Gasteiger charge is 2.34. The second-order valence-corrected chi connectivity index (χ2v) is 6.11. The third-order valence-corrected chi connectivity index (χ3v) is 4.45. The highest BCUT2D eigenvalue weighted by molar-refractivity contribution is 5.81. The monoisotopic (exact) mass is 343 g/mol. The van der Waals surface area contributed by atoms with Crippen molar-refractivity contribution in [1.29, 1.82) is 0 Å². The second-order valence-electron chi connectivity index (χ2n) is 6.11. The summed E-state index contributed by atoms with van der Waals surface area (Å²) in [5, 5.41) is 9.01. The number of hydrogen-bond acceptors (Lipinski definition) is 2. The molecule has 0 spiro atoms. The van der Waals surface area contributed by atoms with Gasteiger partial charge in [0.25, 0.3) is 0 Å². The lowest BCUT2D eigenvalue weighted by Gasteiger charge is -2.22. The predicted octanol–water partition coefficient (Wildman–Crippen LogP) is 3.21. The van der Waals surface area contributed by atoms with Crippen LogP contribution in [0.4, 0.5) is 13.2 Å². The van der Waals surface area contributed by atoms with Crippen LogP contribution in [0.25, 0.3) is 0 Å². The molecule has 1 saturated heterocycles. The minimum absolute atomic E-state index is 0.124. The van der Waals surface area contributed by atoms with Crippen molar-refractivity contribution in [2.45, 2.75) is 32.4 Å². The van der Waals surface area contributed by atoms with E-state index in [1.807, 2.05) is 6.92 Å². The summed E-state index contributed by atoms with van der Waals surface area (Å²) in [4.78, 5) is 25.1. The van der Waals surface area contributed by atoms with Crippen LogP contribution in [0, 0.1) is 11.8 Å². The first-order chi connectivity index (χ1) is 11.2. The Morgan fingerprint density at radius 1 is 1.29 bits per heavy atom. The zero-order chi connectivity index (χ0) is 17.9. The molecular formula is C17H20F3NO3. The number of aliphatic carboxylic acids is 1. The average molecular weight is 343 g/mol. The van der Waals surface area contributed by atoms with E-state index in [4.69, 9.17) is 5.11 Å². The molecule has 24 heavy (non-hydrogen) atoms. The van der Waals surface area contributed by atoms with E-state index < -0.39 is 23.6 Å². The summed E-state index contributed by atoms with van der Waals surface area (Å²) in [6.07, 6.45) is -3.03. The molecule has 2 rings (SSSR count). The molecule has 0 radical (unpaired) electrons. The summed E-state index contributed by atoms with van der Waals surface area (Å²) in [6, 6.07) is 4.82. The molecule has 0 aliphatic carbocycles. The average Bonchev–Trinajstić information content (AvgIpc) is 3.01. The van der Waals surface area contributed by atoms with Crippen LogP contribution in [-0.4, -0.2) is 35.0 Å². The normalized spacial score (nSPS) is 19.3. The van der Waals surface area contributed by atoms with Gasteiger partial charge in [-0.2, -0.15) is 13.2 Å². The van der Waals surface area contributed by atoms with Gasteiger partial charge in [0.15, 0.2) is 0 Å². The summed E-state index contributed by atoms with van der Waals surface area (Å²) in [5.41, 5.74) is -0.0494. The number of nitrogens with zero attached hydrogens (tertiary/aromatic N) is 1. The molecule has 1 N–H and O–H groups in total. The fourth-order valence-corrected chi connectivity index (χ4v) is 2.94. The number of likely N-dealkylation sites (tertiary alicyclic amines) is 1. The standard InChI is InChI=1S/C17H20F3NO3/c1-2-12(15(22)21-8-7-13(10-21)16(23)24)9-11-3-5-14(6-4-11)17(18,19)20/h3-6,12-13H,2,7-10H2,1H3,(H,23,24). The molecule has 2 unspecified atom stereocenters. The van der Waals surface area contributed by atoms with E-state index in [-0.39, 0.29) is 18.4 Å². The maximum atomic E-state index is 12.6. The third kappa shape index (κ3) is 4.27. The Bertz CT molecular complexity index is 598. The molecule has 1 amide bonds. The first-order valence-corrected chi connectivity index (χ1v) is 7.90. The number of halogens is 3. The van der Waals surface area contributed by atoms with Gasteiger partial charge in [-0.05, 0) is 37.0 Å². The van der Waals surface area contributed by atoms with Gasteiger partial charge in [0.2, 0.25) is 5.91 Å². The molecule has 1 aliphatic rings. The Balaban J connectivity index is 2.01. The van der Waals surface area contributed by atoms with Gasteiger partial charge in [-0.25, -0.2) is 0 Å². The summed E-state index contributed by atoms with van der Waals surface area (Å²) in [6.45, 7) is 2.47. The minimum Gasteiger partial charge on any atom is -0.481 e. The molecule has 1 heterocycles. The Morgan fingerprint density at radius 2 is 1.92 bits per heavy atom. The molecule has 0 aromatic heterocycles. The fraction of sp³-hybridized carbons (Fsp3) is 0.529. The van der Waals surface area contributed by atoms with Crippen LogP contribution in [-0.2, 0) is 22.2 Å². The summed E-state index contributed by atoms with van der Waals surface area (Å²) < 4.78 is 37.7. The predicted molar refractivity (Wildman–Crippen MR) is 81.3 cm³/mol. The Kier molecular flexibility index (Phi) is 5.51. The van der Waals surface area contributed by atoms with E-state index in [0.717, 1.165) is 12.1 Å². The summed E-state index contributed by atoms with van der Waals surface area (Å²) >= 11 is 0. The molecule has 1 fully saturated rings. The Morgan fingerprint density at radius 3 is 2.38 bits per heavy atom. The number of hydrogen-bond donors (Lipinski definition) is 1. The highest BCUT2D eigenvalue weighted by Crippen LogP contribution is 2.30. The van der Waals surface area contributed by atoms with E-state index in [2.05, 4.69) is 0 Å². The number of carboxylic acid groups (broad SMARTS) is 1. The molecule has 0 saturated carbocycles. The number of rotatable bonds is 5. The smallest absolute Gasteiger partial charge is 0.416 e. The van der Waals surface area contributed by atoms with Gasteiger partial charge in [0.05, 0.1) is 11.5 Å². The van der Waals surface area contributed by atoms with Crippen molar-refractivity contribution in [2.75, 3.05) is 13.1 Å². The number of amides is 1. The van der Waals surface area contributed by atoms with Crippen LogP contribution >= 0.6 is 0 Å². The molecule has 132 valence electrons.